The van der Waals surface area contributed by atoms with Crippen LogP contribution in [0.5, 0.6) is 0 Å². The van der Waals surface area contributed by atoms with Crippen molar-refractivity contribution in [3.8, 4) is 0 Å². The zero-order valence-corrected chi connectivity index (χ0v) is 23.7. The molecule has 11 heteroatoms. The lowest BCUT2D eigenvalue weighted by Gasteiger charge is -2.28. The summed E-state index contributed by atoms with van der Waals surface area (Å²) in [6, 6.07) is 7.58. The fourth-order valence-electron chi connectivity index (χ4n) is 5.69. The predicted molar refractivity (Wildman–Crippen MR) is 158 cm³/mol. The summed E-state index contributed by atoms with van der Waals surface area (Å²) >= 11 is 0. The number of carbonyl (C=O) groups is 2. The molecule has 1 saturated carbocycles. The number of anilines is 3. The molecule has 5 rings (SSSR count). The zero-order valence-electron chi connectivity index (χ0n) is 23.7. The number of rotatable bonds is 9. The van der Waals surface area contributed by atoms with Crippen molar-refractivity contribution in [2.45, 2.75) is 70.5 Å². The standard InChI is InChI=1S/C30H39FN8O2/c1-4-25(40)38-12-11-20(17-38)30(41)36-22-9-5-7-19(13-22)15-33-29-26(31)27(35-23-10-6-8-21(32)14-23)37-28-24(18(2)3)16-34-39(28)29/h4-5,7,9,13,16,18,20-21,23,33H,1,6,8,10-12,14-15,17,32H2,2-3H3,(H,35,37)(H,36,41). The minimum Gasteiger partial charge on any atom is -0.365 e. The molecule has 2 aromatic heterocycles. The maximum atomic E-state index is 15.9. The van der Waals surface area contributed by atoms with Crippen LogP contribution in [0.25, 0.3) is 5.65 Å². The van der Waals surface area contributed by atoms with Crippen molar-refractivity contribution in [2.24, 2.45) is 11.7 Å². The quantitative estimate of drug-likeness (QED) is 0.287. The van der Waals surface area contributed by atoms with E-state index in [0.29, 0.717) is 37.4 Å². The van der Waals surface area contributed by atoms with Gasteiger partial charge >= 0.3 is 0 Å². The zero-order chi connectivity index (χ0) is 29.1. The van der Waals surface area contributed by atoms with Crippen molar-refractivity contribution in [3.63, 3.8) is 0 Å². The molecule has 218 valence electrons. The minimum atomic E-state index is -0.501. The van der Waals surface area contributed by atoms with Crippen LogP contribution in [0.2, 0.25) is 0 Å². The van der Waals surface area contributed by atoms with Gasteiger partial charge in [-0.1, -0.05) is 32.6 Å². The van der Waals surface area contributed by atoms with E-state index < -0.39 is 5.82 Å². The third-order valence-electron chi connectivity index (χ3n) is 7.99. The molecule has 3 atom stereocenters. The molecule has 3 aromatic rings. The number of nitrogens with two attached hydrogens (primary N) is 1. The molecule has 0 radical (unpaired) electrons. The summed E-state index contributed by atoms with van der Waals surface area (Å²) < 4.78 is 17.5. The second-order valence-corrected chi connectivity index (χ2v) is 11.4. The first-order valence-corrected chi connectivity index (χ1v) is 14.4. The van der Waals surface area contributed by atoms with E-state index in [1.54, 1.807) is 11.1 Å². The average molecular weight is 563 g/mol. The number of benzene rings is 1. The third-order valence-corrected chi connectivity index (χ3v) is 7.99. The van der Waals surface area contributed by atoms with E-state index in [4.69, 9.17) is 5.73 Å². The number of fused-ring (bicyclic) bond motifs is 1. The van der Waals surface area contributed by atoms with Gasteiger partial charge in [0, 0.05) is 43.0 Å². The predicted octanol–water partition coefficient (Wildman–Crippen LogP) is 4.26. The van der Waals surface area contributed by atoms with E-state index in [9.17, 15) is 9.59 Å². The smallest absolute Gasteiger partial charge is 0.245 e. The number of amides is 2. The Hall–Kier alpha value is -3.99. The molecule has 3 heterocycles. The highest BCUT2D eigenvalue weighted by Gasteiger charge is 2.30. The second-order valence-electron chi connectivity index (χ2n) is 11.4. The van der Waals surface area contributed by atoms with Gasteiger partial charge in [0.2, 0.25) is 17.6 Å². The lowest BCUT2D eigenvalue weighted by Crippen LogP contribution is -2.35. The molecule has 0 bridgehead atoms. The van der Waals surface area contributed by atoms with Gasteiger partial charge in [-0.15, -0.1) is 0 Å². The molecule has 3 unspecified atom stereocenters. The molecule has 2 fully saturated rings. The SMILES string of the molecule is C=CC(=O)N1CCC(C(=O)Nc2cccc(CNc3c(F)c(NC4CCCC(N)C4)nc4c(C(C)C)cnn34)c2)C1. The van der Waals surface area contributed by atoms with Crippen molar-refractivity contribution in [2.75, 3.05) is 29.0 Å². The summed E-state index contributed by atoms with van der Waals surface area (Å²) in [6.07, 6.45) is 7.28. The molecule has 10 nitrogen and oxygen atoms in total. The molecule has 0 spiro atoms. The first kappa shape index (κ1) is 28.5. The summed E-state index contributed by atoms with van der Waals surface area (Å²) in [7, 11) is 0. The number of nitrogens with one attached hydrogen (secondary N) is 3. The van der Waals surface area contributed by atoms with Crippen LogP contribution in [0.1, 0.15) is 63.0 Å². The molecule has 5 N–H and O–H groups in total. The maximum absolute atomic E-state index is 15.9. The summed E-state index contributed by atoms with van der Waals surface area (Å²) in [6.45, 7) is 8.85. The second kappa shape index (κ2) is 12.3. The van der Waals surface area contributed by atoms with Crippen LogP contribution in [0, 0.1) is 11.7 Å². The molecule has 1 aromatic carbocycles. The Morgan fingerprint density at radius 2 is 2.10 bits per heavy atom. The Labute approximate surface area is 239 Å². The first-order valence-electron chi connectivity index (χ1n) is 14.4. The highest BCUT2D eigenvalue weighted by Crippen LogP contribution is 2.30. The van der Waals surface area contributed by atoms with Crippen LogP contribution >= 0.6 is 0 Å². The monoisotopic (exact) mass is 562 g/mol. The molecule has 1 aliphatic heterocycles. The number of halogens is 1. The summed E-state index contributed by atoms with van der Waals surface area (Å²) in [5, 5.41) is 14.0. The van der Waals surface area contributed by atoms with Crippen LogP contribution in [-0.2, 0) is 16.1 Å². The highest BCUT2D eigenvalue weighted by atomic mass is 19.1. The van der Waals surface area contributed by atoms with Gasteiger partial charge in [-0.3, -0.25) is 9.59 Å². The van der Waals surface area contributed by atoms with Gasteiger partial charge in [0.05, 0.1) is 12.1 Å². The molecule has 2 amide bonds. The summed E-state index contributed by atoms with van der Waals surface area (Å²) in [5.74, 6) is -0.494. The number of hydrogen-bond donors (Lipinski definition) is 4. The normalized spacial score (nSPS) is 20.8. The lowest BCUT2D eigenvalue weighted by molar-refractivity contribution is -0.125. The summed E-state index contributed by atoms with van der Waals surface area (Å²) in [4.78, 5) is 31.0. The molecule has 41 heavy (non-hydrogen) atoms. The van der Waals surface area contributed by atoms with Crippen molar-refractivity contribution in [3.05, 3.63) is 60.1 Å². The third kappa shape index (κ3) is 6.35. The van der Waals surface area contributed by atoms with Crippen molar-refractivity contribution >= 4 is 34.8 Å². The first-order chi connectivity index (χ1) is 19.7. The Balaban J connectivity index is 1.33. The van der Waals surface area contributed by atoms with Crippen molar-refractivity contribution in [1.29, 1.82) is 0 Å². The van der Waals surface area contributed by atoms with E-state index in [1.807, 2.05) is 24.3 Å². The van der Waals surface area contributed by atoms with Crippen molar-refractivity contribution in [1.82, 2.24) is 19.5 Å². The maximum Gasteiger partial charge on any atom is 0.245 e. The van der Waals surface area contributed by atoms with Crippen molar-refractivity contribution < 1.29 is 14.0 Å². The van der Waals surface area contributed by atoms with Crippen LogP contribution in [0.15, 0.2) is 43.1 Å². The topological polar surface area (TPSA) is 130 Å². The summed E-state index contributed by atoms with van der Waals surface area (Å²) in [5.41, 5.74) is 9.20. The average Bonchev–Trinajstić information content (AvgIpc) is 3.61. The molecule has 2 aliphatic rings. The van der Waals surface area contributed by atoms with Crippen LogP contribution in [0.4, 0.5) is 21.7 Å². The largest absolute Gasteiger partial charge is 0.365 e. The van der Waals surface area contributed by atoms with E-state index in [1.165, 1.54) is 10.6 Å². The lowest BCUT2D eigenvalue weighted by atomic mass is 9.91. The Morgan fingerprint density at radius 3 is 2.85 bits per heavy atom. The highest BCUT2D eigenvalue weighted by molar-refractivity contribution is 5.94. The molecular formula is C30H39FN8O2. The van der Waals surface area contributed by atoms with E-state index >= 15 is 4.39 Å². The Bertz CT molecular complexity index is 1440. The number of hydrogen-bond acceptors (Lipinski definition) is 7. The van der Waals surface area contributed by atoms with E-state index in [-0.39, 0.29) is 47.4 Å². The minimum absolute atomic E-state index is 0.0589. The van der Waals surface area contributed by atoms with Crippen LogP contribution in [0.3, 0.4) is 0 Å². The number of carbonyl (C=O) groups excluding carboxylic acids is 2. The number of nitrogens with zero attached hydrogens (tertiary/aromatic N) is 4. The molecule has 1 saturated heterocycles. The van der Waals surface area contributed by atoms with Gasteiger partial charge in [-0.05, 0) is 61.8 Å². The molecular weight excluding hydrogens is 523 g/mol. The van der Waals surface area contributed by atoms with Gasteiger partial charge in [0.1, 0.15) is 0 Å². The van der Waals surface area contributed by atoms with Crippen LogP contribution in [-0.4, -0.2) is 56.5 Å². The van der Waals surface area contributed by atoms with Gasteiger partial charge < -0.3 is 26.6 Å². The van der Waals surface area contributed by atoms with Gasteiger partial charge in [-0.2, -0.15) is 14.0 Å². The van der Waals surface area contributed by atoms with Gasteiger partial charge in [-0.25, -0.2) is 4.98 Å². The van der Waals surface area contributed by atoms with E-state index in [2.05, 4.69) is 46.5 Å². The van der Waals surface area contributed by atoms with E-state index in [0.717, 1.165) is 36.8 Å². The number of likely N-dealkylation sites (tertiary alicyclic amines) is 1. The van der Waals surface area contributed by atoms with Gasteiger partial charge in [0.15, 0.2) is 17.3 Å². The fourth-order valence-corrected chi connectivity index (χ4v) is 5.69. The number of aromatic nitrogens is 3. The Morgan fingerprint density at radius 1 is 1.27 bits per heavy atom. The fraction of sp³-hybridized carbons (Fsp3) is 0.467. The van der Waals surface area contributed by atoms with Gasteiger partial charge in [0.25, 0.3) is 0 Å². The molecule has 1 aliphatic carbocycles. The Kier molecular flexibility index (Phi) is 8.53. The van der Waals surface area contributed by atoms with Crippen LogP contribution < -0.4 is 21.7 Å².